The van der Waals surface area contributed by atoms with Gasteiger partial charge in [-0.25, -0.2) is 0 Å². The van der Waals surface area contributed by atoms with Gasteiger partial charge in [0.15, 0.2) is 0 Å². The minimum atomic E-state index is -2.38. The Labute approximate surface area is 46.6 Å². The molecule has 3 nitrogen and oxygen atoms in total. The fraction of sp³-hybridized carbons (Fsp3) is 0.750. The molecule has 0 aliphatic rings. The van der Waals surface area contributed by atoms with Crippen molar-refractivity contribution in [3.8, 4) is 0 Å². The van der Waals surface area contributed by atoms with E-state index in [1.807, 2.05) is 5.32 Å². The van der Waals surface area contributed by atoms with Crippen molar-refractivity contribution in [2.45, 2.75) is 13.0 Å². The number of nitrogens with one attached hydrogen (secondary N) is 1. The van der Waals surface area contributed by atoms with Gasteiger partial charge in [0, 0.05) is 4.11 Å². The van der Waals surface area contributed by atoms with Crippen LogP contribution in [0.1, 0.15) is 11.0 Å². The van der Waals surface area contributed by atoms with E-state index in [0.29, 0.717) is 0 Å². The minimum absolute atomic E-state index is 1.03. The third kappa shape index (κ3) is 2.17. The van der Waals surface area contributed by atoms with Gasteiger partial charge in [0.25, 0.3) is 0 Å². The molecule has 1 unspecified atom stereocenters. The normalized spacial score (nSPS) is 21.6. The van der Waals surface area contributed by atoms with Gasteiger partial charge in [0.2, 0.25) is 0 Å². The SMILES string of the molecule is [2H]C([2H])([2H])NC(C)C(=O)O. The molecule has 0 saturated heterocycles. The molecule has 0 radical (unpaired) electrons. The predicted octanol–water partition coefficient (Wildman–Crippen LogP) is -0.321. The van der Waals surface area contributed by atoms with Crippen LogP contribution in [0.25, 0.3) is 0 Å². The first kappa shape index (κ1) is 2.67. The molecule has 0 amide bonds. The number of hydrogen-bond donors (Lipinski definition) is 2. The van der Waals surface area contributed by atoms with E-state index in [9.17, 15) is 4.79 Å². The lowest BCUT2D eigenvalue weighted by Crippen LogP contribution is -2.29. The van der Waals surface area contributed by atoms with Crippen LogP contribution in [0.2, 0.25) is 0 Å². The molecule has 0 fully saturated rings. The van der Waals surface area contributed by atoms with Gasteiger partial charge < -0.3 is 10.4 Å². The number of carboxylic acid groups (broad SMARTS) is 1. The highest BCUT2D eigenvalue weighted by molar-refractivity contribution is 5.72. The van der Waals surface area contributed by atoms with E-state index in [4.69, 9.17) is 9.22 Å². The van der Waals surface area contributed by atoms with E-state index in [2.05, 4.69) is 0 Å². The van der Waals surface area contributed by atoms with Crippen LogP contribution >= 0.6 is 0 Å². The Morgan fingerprint density at radius 3 is 2.86 bits per heavy atom. The molecular weight excluding hydrogens is 94.0 g/mol. The molecule has 0 rings (SSSR count). The van der Waals surface area contributed by atoms with Crippen LogP contribution in [0.3, 0.4) is 0 Å². The Hall–Kier alpha value is -0.570. The second-order valence-electron chi connectivity index (χ2n) is 1.20. The highest BCUT2D eigenvalue weighted by atomic mass is 16.4. The zero-order valence-corrected chi connectivity index (χ0v) is 3.93. The average molecular weight is 106 g/mol. The van der Waals surface area contributed by atoms with Gasteiger partial charge in [-0.2, -0.15) is 0 Å². The Morgan fingerprint density at radius 1 is 2.14 bits per heavy atom. The zero-order chi connectivity index (χ0) is 8.36. The van der Waals surface area contributed by atoms with Crippen LogP contribution in [0.4, 0.5) is 0 Å². The van der Waals surface area contributed by atoms with E-state index in [-0.39, 0.29) is 0 Å². The van der Waals surface area contributed by atoms with Crippen LogP contribution in [0.15, 0.2) is 0 Å². The zero-order valence-electron chi connectivity index (χ0n) is 6.93. The first-order chi connectivity index (χ1) is 4.33. The molecule has 0 aromatic carbocycles. The maximum atomic E-state index is 10.1. The second kappa shape index (κ2) is 2.58. The topological polar surface area (TPSA) is 49.3 Å². The van der Waals surface area contributed by atoms with Crippen molar-refractivity contribution in [3.05, 3.63) is 0 Å². The summed E-state index contributed by atoms with van der Waals surface area (Å²) in [5.74, 6) is -1.17. The number of carbonyl (C=O) groups is 1. The Kier molecular flexibility index (Phi) is 0.982. The number of hydrogen-bond acceptors (Lipinski definition) is 2. The summed E-state index contributed by atoms with van der Waals surface area (Å²) in [6.07, 6.45) is 0. The fourth-order valence-corrected chi connectivity index (χ4v) is 0.0617. The van der Waals surface area contributed by atoms with Gasteiger partial charge >= 0.3 is 5.97 Å². The van der Waals surface area contributed by atoms with Gasteiger partial charge in [-0.15, -0.1) is 0 Å². The van der Waals surface area contributed by atoms with Gasteiger partial charge in [-0.05, 0) is 13.9 Å². The number of likely N-dealkylation sites (N-methyl/N-ethyl adjacent to an activating group) is 1. The minimum Gasteiger partial charge on any atom is -0.480 e. The maximum Gasteiger partial charge on any atom is 0.320 e. The monoisotopic (exact) mass is 106 g/mol. The quantitative estimate of drug-likeness (QED) is 0.507. The lowest BCUT2D eigenvalue weighted by atomic mass is 10.4. The molecule has 42 valence electrons. The van der Waals surface area contributed by atoms with Crippen LogP contribution in [-0.2, 0) is 4.79 Å². The third-order valence-electron chi connectivity index (χ3n) is 0.587. The molecule has 0 heterocycles. The first-order valence-electron chi connectivity index (χ1n) is 3.33. The fourth-order valence-electron chi connectivity index (χ4n) is 0.0617. The molecule has 0 spiro atoms. The van der Waals surface area contributed by atoms with E-state index >= 15 is 0 Å². The van der Waals surface area contributed by atoms with Crippen LogP contribution in [0.5, 0.6) is 0 Å². The number of carboxylic acids is 1. The maximum absolute atomic E-state index is 10.1. The first-order valence-corrected chi connectivity index (χ1v) is 1.83. The lowest BCUT2D eigenvalue weighted by Gasteiger charge is -1.99. The van der Waals surface area contributed by atoms with E-state index < -0.39 is 19.0 Å². The molecule has 2 N–H and O–H groups in total. The van der Waals surface area contributed by atoms with E-state index in [1.165, 1.54) is 6.92 Å². The van der Waals surface area contributed by atoms with Crippen molar-refractivity contribution in [2.24, 2.45) is 0 Å². The van der Waals surface area contributed by atoms with Crippen molar-refractivity contribution >= 4 is 5.97 Å². The molecule has 7 heavy (non-hydrogen) atoms. The summed E-state index contributed by atoms with van der Waals surface area (Å²) in [5, 5.41) is 10.2. The smallest absolute Gasteiger partial charge is 0.320 e. The molecule has 0 aromatic heterocycles. The van der Waals surface area contributed by atoms with Crippen LogP contribution < -0.4 is 5.32 Å². The summed E-state index contributed by atoms with van der Waals surface area (Å²) >= 11 is 0. The molecule has 1 atom stereocenters. The van der Waals surface area contributed by atoms with Gasteiger partial charge in [-0.1, -0.05) is 0 Å². The van der Waals surface area contributed by atoms with Gasteiger partial charge in [0.05, 0.1) is 0 Å². The van der Waals surface area contributed by atoms with Crippen molar-refractivity contribution in [1.82, 2.24) is 5.32 Å². The number of aliphatic carboxylic acids is 1. The predicted molar refractivity (Wildman–Crippen MR) is 26.2 cm³/mol. The summed E-state index contributed by atoms with van der Waals surface area (Å²) in [5.41, 5.74) is 0. The number of rotatable bonds is 2. The molecule has 0 aliphatic carbocycles. The summed E-state index contributed by atoms with van der Waals surface area (Å²) in [6.45, 7) is -1.10. The molecule has 0 saturated carbocycles. The highest BCUT2D eigenvalue weighted by Gasteiger charge is 2.04. The van der Waals surface area contributed by atoms with Crippen LogP contribution in [-0.4, -0.2) is 24.1 Å². The second-order valence-corrected chi connectivity index (χ2v) is 1.20. The summed E-state index contributed by atoms with van der Waals surface area (Å²) in [6, 6.07) is -1.03. The van der Waals surface area contributed by atoms with Gasteiger partial charge in [0.1, 0.15) is 6.04 Å². The summed E-state index contributed by atoms with van der Waals surface area (Å²) in [4.78, 5) is 10.1. The van der Waals surface area contributed by atoms with E-state index in [1.54, 1.807) is 0 Å². The van der Waals surface area contributed by atoms with E-state index in [0.717, 1.165) is 0 Å². The van der Waals surface area contributed by atoms with Crippen molar-refractivity contribution in [1.29, 1.82) is 0 Å². The molecule has 3 heteroatoms. The van der Waals surface area contributed by atoms with Crippen molar-refractivity contribution in [3.63, 3.8) is 0 Å². The summed E-state index contributed by atoms with van der Waals surface area (Å²) in [7, 11) is 0. The van der Waals surface area contributed by atoms with Crippen LogP contribution in [0, 0.1) is 0 Å². The third-order valence-corrected chi connectivity index (χ3v) is 0.587. The van der Waals surface area contributed by atoms with Gasteiger partial charge in [-0.3, -0.25) is 4.79 Å². The van der Waals surface area contributed by atoms with Crippen molar-refractivity contribution < 1.29 is 14.0 Å². The lowest BCUT2D eigenvalue weighted by molar-refractivity contribution is -0.138. The highest BCUT2D eigenvalue weighted by Crippen LogP contribution is 1.74. The standard InChI is InChI=1S/C4H9NO2/c1-3(5-2)4(6)7/h3,5H,1-2H3,(H,6,7)/i2D3. The van der Waals surface area contributed by atoms with Crippen molar-refractivity contribution in [2.75, 3.05) is 6.98 Å². The Morgan fingerprint density at radius 2 is 2.71 bits per heavy atom. The summed E-state index contributed by atoms with van der Waals surface area (Å²) < 4.78 is 19.8. The molecular formula is C4H9NO2. The average Bonchev–Trinajstić information content (AvgIpc) is 1.60. The Balaban J connectivity index is 3.80. The Bertz CT molecular complexity index is 133. The molecule has 0 aromatic rings. The largest absolute Gasteiger partial charge is 0.480 e. The molecule has 0 bridgehead atoms. The molecule has 0 aliphatic heterocycles.